The van der Waals surface area contributed by atoms with Crippen molar-refractivity contribution in [3.8, 4) is 0 Å². The molecule has 0 bridgehead atoms. The van der Waals surface area contributed by atoms with Crippen LogP contribution in [0.3, 0.4) is 0 Å². The van der Waals surface area contributed by atoms with Crippen molar-refractivity contribution < 1.29 is 0 Å². The molecule has 0 aliphatic carbocycles. The van der Waals surface area contributed by atoms with E-state index in [1.165, 1.54) is 16.3 Å². The lowest BCUT2D eigenvalue weighted by molar-refractivity contribution is 0.518. The first kappa shape index (κ1) is 15.2. The van der Waals surface area contributed by atoms with Gasteiger partial charge in [0.2, 0.25) is 0 Å². The molecule has 20 heavy (non-hydrogen) atoms. The standard InChI is InChI=1S/C15H24N4S/c1-10-9-20-15(17-10)8-13(16-4)6-7-14-11(2)18-19(5)12(14)3/h9,13,16H,6-8H2,1-5H3. The molecule has 4 nitrogen and oxygen atoms in total. The number of rotatable bonds is 6. The van der Waals surface area contributed by atoms with Gasteiger partial charge in [0.1, 0.15) is 0 Å². The van der Waals surface area contributed by atoms with Gasteiger partial charge in [-0.2, -0.15) is 5.10 Å². The lowest BCUT2D eigenvalue weighted by atomic mass is 10.0. The molecule has 0 fully saturated rings. The van der Waals surface area contributed by atoms with Crippen LogP contribution in [0.5, 0.6) is 0 Å². The third kappa shape index (κ3) is 3.46. The summed E-state index contributed by atoms with van der Waals surface area (Å²) in [6.45, 7) is 6.30. The molecule has 0 radical (unpaired) electrons. The van der Waals surface area contributed by atoms with Crippen LogP contribution in [0.15, 0.2) is 5.38 Å². The van der Waals surface area contributed by atoms with Gasteiger partial charge in [-0.15, -0.1) is 11.3 Å². The third-order valence-electron chi connectivity index (χ3n) is 3.90. The highest BCUT2D eigenvalue weighted by atomic mass is 32.1. The predicted octanol–water partition coefficient (Wildman–Crippen LogP) is 2.57. The molecule has 2 rings (SSSR count). The fraction of sp³-hybridized carbons (Fsp3) is 0.600. The van der Waals surface area contributed by atoms with E-state index in [1.807, 2.05) is 18.8 Å². The molecular weight excluding hydrogens is 268 g/mol. The molecule has 2 aromatic heterocycles. The maximum absolute atomic E-state index is 4.55. The minimum atomic E-state index is 0.472. The van der Waals surface area contributed by atoms with Gasteiger partial charge >= 0.3 is 0 Å². The van der Waals surface area contributed by atoms with E-state index in [0.717, 1.165) is 30.7 Å². The monoisotopic (exact) mass is 292 g/mol. The van der Waals surface area contributed by atoms with Crippen molar-refractivity contribution in [3.63, 3.8) is 0 Å². The topological polar surface area (TPSA) is 42.7 Å². The van der Waals surface area contributed by atoms with E-state index in [4.69, 9.17) is 0 Å². The van der Waals surface area contributed by atoms with Crippen molar-refractivity contribution in [2.75, 3.05) is 7.05 Å². The average molecular weight is 292 g/mol. The van der Waals surface area contributed by atoms with Crippen LogP contribution in [0.25, 0.3) is 0 Å². The van der Waals surface area contributed by atoms with Gasteiger partial charge in [0.25, 0.3) is 0 Å². The van der Waals surface area contributed by atoms with Crippen molar-refractivity contribution in [2.24, 2.45) is 7.05 Å². The number of aryl methyl sites for hydroxylation is 3. The Bertz CT molecular complexity index is 570. The van der Waals surface area contributed by atoms with Crippen LogP contribution in [0.4, 0.5) is 0 Å². The smallest absolute Gasteiger partial charge is 0.0943 e. The highest BCUT2D eigenvalue weighted by molar-refractivity contribution is 7.09. The number of nitrogens with one attached hydrogen (secondary N) is 1. The van der Waals surface area contributed by atoms with Crippen LogP contribution in [-0.4, -0.2) is 27.9 Å². The summed E-state index contributed by atoms with van der Waals surface area (Å²) in [6.07, 6.45) is 3.19. The molecule has 0 saturated heterocycles. The molecule has 0 spiro atoms. The Morgan fingerprint density at radius 1 is 1.35 bits per heavy atom. The molecular formula is C15H24N4S. The minimum Gasteiger partial charge on any atom is -0.317 e. The fourth-order valence-corrected chi connectivity index (χ4v) is 3.41. The van der Waals surface area contributed by atoms with Gasteiger partial charge in [-0.3, -0.25) is 4.68 Å². The number of hydrogen-bond donors (Lipinski definition) is 1. The zero-order chi connectivity index (χ0) is 14.7. The Hall–Kier alpha value is -1.20. The second-order valence-corrected chi connectivity index (χ2v) is 6.33. The minimum absolute atomic E-state index is 0.472. The van der Waals surface area contributed by atoms with E-state index in [0.29, 0.717) is 6.04 Å². The van der Waals surface area contributed by atoms with Gasteiger partial charge < -0.3 is 5.32 Å². The van der Waals surface area contributed by atoms with Crippen molar-refractivity contribution in [1.82, 2.24) is 20.1 Å². The van der Waals surface area contributed by atoms with E-state index >= 15 is 0 Å². The normalized spacial score (nSPS) is 12.8. The molecule has 0 saturated carbocycles. The zero-order valence-electron chi connectivity index (χ0n) is 13.0. The van der Waals surface area contributed by atoms with Crippen LogP contribution in [0.1, 0.15) is 34.1 Å². The summed E-state index contributed by atoms with van der Waals surface area (Å²) >= 11 is 1.76. The van der Waals surface area contributed by atoms with Crippen molar-refractivity contribution in [1.29, 1.82) is 0 Å². The maximum Gasteiger partial charge on any atom is 0.0943 e. The summed E-state index contributed by atoms with van der Waals surface area (Å²) in [7, 11) is 4.05. The summed E-state index contributed by atoms with van der Waals surface area (Å²) in [6, 6.07) is 0.472. The molecule has 2 heterocycles. The van der Waals surface area contributed by atoms with Crippen LogP contribution < -0.4 is 5.32 Å². The van der Waals surface area contributed by atoms with E-state index in [-0.39, 0.29) is 0 Å². The molecule has 1 unspecified atom stereocenters. The number of likely N-dealkylation sites (N-methyl/N-ethyl adjacent to an activating group) is 1. The lowest BCUT2D eigenvalue weighted by Crippen LogP contribution is -2.28. The molecule has 0 aromatic carbocycles. The predicted molar refractivity (Wildman–Crippen MR) is 84.4 cm³/mol. The van der Waals surface area contributed by atoms with Crippen molar-refractivity contribution >= 4 is 11.3 Å². The fourth-order valence-electron chi connectivity index (χ4n) is 2.55. The lowest BCUT2D eigenvalue weighted by Gasteiger charge is -2.14. The number of aromatic nitrogens is 3. The molecule has 1 N–H and O–H groups in total. The number of nitrogens with zero attached hydrogens (tertiary/aromatic N) is 3. The Balaban J connectivity index is 1.97. The van der Waals surface area contributed by atoms with Gasteiger partial charge in [-0.1, -0.05) is 0 Å². The highest BCUT2D eigenvalue weighted by Crippen LogP contribution is 2.17. The maximum atomic E-state index is 4.55. The van der Waals surface area contributed by atoms with Gasteiger partial charge in [-0.05, 0) is 46.2 Å². The van der Waals surface area contributed by atoms with Gasteiger partial charge in [-0.25, -0.2) is 4.98 Å². The van der Waals surface area contributed by atoms with Crippen LogP contribution >= 0.6 is 11.3 Å². The molecule has 0 aliphatic rings. The van der Waals surface area contributed by atoms with Gasteiger partial charge in [0, 0.05) is 36.3 Å². The first-order valence-electron chi connectivity index (χ1n) is 7.08. The van der Waals surface area contributed by atoms with Crippen LogP contribution in [0.2, 0.25) is 0 Å². The highest BCUT2D eigenvalue weighted by Gasteiger charge is 2.14. The van der Waals surface area contributed by atoms with Crippen molar-refractivity contribution in [3.05, 3.63) is 33.0 Å². The van der Waals surface area contributed by atoms with Crippen LogP contribution in [0, 0.1) is 20.8 Å². The SMILES string of the molecule is CNC(CCc1c(C)nn(C)c1C)Cc1nc(C)cs1. The van der Waals surface area contributed by atoms with E-state index in [9.17, 15) is 0 Å². The molecule has 1 atom stereocenters. The molecule has 0 aliphatic heterocycles. The molecule has 0 amide bonds. The zero-order valence-corrected chi connectivity index (χ0v) is 13.8. The largest absolute Gasteiger partial charge is 0.317 e. The summed E-state index contributed by atoms with van der Waals surface area (Å²) in [5, 5.41) is 11.2. The number of hydrogen-bond acceptors (Lipinski definition) is 4. The van der Waals surface area contributed by atoms with Gasteiger partial charge in [0.15, 0.2) is 0 Å². The Morgan fingerprint density at radius 2 is 2.10 bits per heavy atom. The quantitative estimate of drug-likeness (QED) is 0.890. The summed E-state index contributed by atoms with van der Waals surface area (Å²) < 4.78 is 1.98. The van der Waals surface area contributed by atoms with Crippen LogP contribution in [-0.2, 0) is 19.9 Å². The summed E-state index contributed by atoms with van der Waals surface area (Å²) in [5.41, 5.74) is 4.95. The molecule has 5 heteroatoms. The second-order valence-electron chi connectivity index (χ2n) is 5.38. The molecule has 2 aromatic rings. The van der Waals surface area contributed by atoms with Crippen molar-refractivity contribution in [2.45, 2.75) is 46.1 Å². The van der Waals surface area contributed by atoms with Gasteiger partial charge in [0.05, 0.1) is 10.7 Å². The second kappa shape index (κ2) is 6.50. The average Bonchev–Trinajstić information content (AvgIpc) is 2.91. The Labute approximate surface area is 125 Å². The van der Waals surface area contributed by atoms with E-state index in [1.54, 1.807) is 11.3 Å². The first-order valence-corrected chi connectivity index (χ1v) is 7.96. The Morgan fingerprint density at radius 3 is 2.60 bits per heavy atom. The third-order valence-corrected chi connectivity index (χ3v) is 4.89. The summed E-state index contributed by atoms with van der Waals surface area (Å²) in [5.74, 6) is 0. The summed E-state index contributed by atoms with van der Waals surface area (Å²) in [4.78, 5) is 4.55. The van der Waals surface area contributed by atoms with E-state index < -0.39 is 0 Å². The Kier molecular flexibility index (Phi) is 4.94. The number of thiazole rings is 1. The molecule has 110 valence electrons. The van der Waals surface area contributed by atoms with E-state index in [2.05, 4.69) is 41.6 Å². The first-order chi connectivity index (χ1) is 9.51.